The molecule has 0 spiro atoms. The van der Waals surface area contributed by atoms with Crippen LogP contribution in [0, 0.1) is 0 Å². The van der Waals surface area contributed by atoms with E-state index in [0.717, 1.165) is 19.3 Å². The Labute approximate surface area is 169 Å². The Kier molecular flexibility index (Phi) is 7.35. The van der Waals surface area contributed by atoms with E-state index >= 15 is 0 Å². The Morgan fingerprint density at radius 1 is 1.43 bits per heavy atom. The van der Waals surface area contributed by atoms with Crippen LogP contribution in [0.4, 0.5) is 10.1 Å². The number of fused-ring (bicyclic) bond motifs is 1. The molecule has 0 bridgehead atoms. The van der Waals surface area contributed by atoms with Gasteiger partial charge in [-0.15, -0.1) is 11.8 Å². The average Bonchev–Trinajstić information content (AvgIpc) is 2.72. The minimum atomic E-state index is -3.80. The number of thioether (sulfide) groups is 1. The molecule has 10 heteroatoms. The van der Waals surface area contributed by atoms with Gasteiger partial charge in [0.05, 0.1) is 10.6 Å². The molecule has 0 saturated carbocycles. The zero-order valence-corrected chi connectivity index (χ0v) is 17.9. The summed E-state index contributed by atoms with van der Waals surface area (Å²) in [7, 11) is -0.405. The predicted molar refractivity (Wildman–Crippen MR) is 107 cm³/mol. The van der Waals surface area contributed by atoms with Crippen molar-refractivity contribution in [2.75, 3.05) is 31.8 Å². The van der Waals surface area contributed by atoms with Crippen LogP contribution in [0.1, 0.15) is 26.2 Å². The molecule has 1 aromatic carbocycles. The number of hydrogen-bond acceptors (Lipinski definition) is 6. The van der Waals surface area contributed by atoms with Crippen LogP contribution in [0.5, 0.6) is 5.75 Å². The number of aliphatic carboxylic acids is 1. The maximum atomic E-state index is 13.3. The van der Waals surface area contributed by atoms with Gasteiger partial charge >= 0.3 is 5.97 Å². The number of hydrogen-bond donors (Lipinski definition) is 1. The maximum absolute atomic E-state index is 13.3. The molecule has 1 atom stereocenters. The van der Waals surface area contributed by atoms with Gasteiger partial charge in [0.1, 0.15) is 16.9 Å². The van der Waals surface area contributed by atoms with Crippen LogP contribution in [0.3, 0.4) is 0 Å². The number of nitrogens with zero attached hydrogens (tertiary/aromatic N) is 2. The highest BCUT2D eigenvalue weighted by Gasteiger charge is 2.36. The van der Waals surface area contributed by atoms with Gasteiger partial charge in [0.15, 0.2) is 0 Å². The van der Waals surface area contributed by atoms with Gasteiger partial charge < -0.3 is 14.7 Å². The molecule has 0 aromatic heterocycles. The van der Waals surface area contributed by atoms with E-state index in [2.05, 4.69) is 6.92 Å². The van der Waals surface area contributed by atoms with Crippen LogP contribution in [0.2, 0.25) is 0 Å². The largest absolute Gasteiger partial charge is 0.476 e. The van der Waals surface area contributed by atoms with E-state index in [0.29, 0.717) is 23.4 Å². The number of carbonyl (C=O) groups is 1. The van der Waals surface area contributed by atoms with E-state index in [1.165, 1.54) is 22.1 Å². The van der Waals surface area contributed by atoms with E-state index < -0.39 is 21.8 Å². The second kappa shape index (κ2) is 9.15. The van der Waals surface area contributed by atoms with Crippen molar-refractivity contribution >= 4 is 33.4 Å². The Bertz CT molecular complexity index is 873. The monoisotopic (exact) mass is 432 g/mol. The van der Waals surface area contributed by atoms with Crippen LogP contribution in [0.25, 0.3) is 0 Å². The zero-order chi connectivity index (χ0) is 21.1. The molecule has 0 unspecified atom stereocenters. The number of halogens is 1. The lowest BCUT2D eigenvalue weighted by Crippen LogP contribution is -2.40. The van der Waals surface area contributed by atoms with Crippen molar-refractivity contribution in [1.29, 1.82) is 0 Å². The number of likely N-dealkylation sites (N-methyl/N-ethyl adjacent to an activating group) is 2. The van der Waals surface area contributed by atoms with Gasteiger partial charge in [0, 0.05) is 32.7 Å². The first-order valence-corrected chi connectivity index (χ1v) is 11.5. The maximum Gasteiger partial charge on any atom is 0.368 e. The first kappa shape index (κ1) is 22.5. The lowest BCUT2D eigenvalue weighted by molar-refractivity contribution is -0.134. The fraction of sp³-hybridized carbons (Fsp3) is 0.500. The van der Waals surface area contributed by atoms with Gasteiger partial charge in [-0.05, 0) is 18.7 Å². The summed E-state index contributed by atoms with van der Waals surface area (Å²) >= 11 is 1.29. The molecule has 0 radical (unpaired) electrons. The summed E-state index contributed by atoms with van der Waals surface area (Å²) in [5.74, 6) is -3.15. The molecule has 1 N–H and O–H groups in total. The third-order valence-corrected chi connectivity index (χ3v) is 7.39. The third-order valence-electron chi connectivity index (χ3n) is 4.70. The van der Waals surface area contributed by atoms with Gasteiger partial charge in [0.25, 0.3) is 0 Å². The smallest absolute Gasteiger partial charge is 0.368 e. The predicted octanol–water partition coefficient (Wildman–Crippen LogP) is 3.31. The summed E-state index contributed by atoms with van der Waals surface area (Å²) in [6.45, 7) is 2.60. The van der Waals surface area contributed by atoms with Gasteiger partial charge in [-0.1, -0.05) is 19.8 Å². The van der Waals surface area contributed by atoms with Crippen molar-refractivity contribution in [2.45, 2.75) is 42.0 Å². The normalized spacial score (nSPS) is 19.8. The molecule has 2 rings (SSSR count). The number of anilines is 1. The highest BCUT2D eigenvalue weighted by atomic mass is 32.2. The minimum absolute atomic E-state index is 0.0495. The molecule has 1 heterocycles. The van der Waals surface area contributed by atoms with Crippen LogP contribution in [-0.2, 0) is 14.8 Å². The molecule has 156 valence electrons. The Morgan fingerprint density at radius 2 is 2.11 bits per heavy atom. The molecular formula is C18H25FN2O5S2. The van der Waals surface area contributed by atoms with E-state index in [1.54, 1.807) is 19.4 Å². The molecular weight excluding hydrogens is 407 g/mol. The van der Waals surface area contributed by atoms with Gasteiger partial charge in [-0.25, -0.2) is 13.2 Å². The zero-order valence-electron chi connectivity index (χ0n) is 16.3. The summed E-state index contributed by atoms with van der Waals surface area (Å²) in [5, 5.41) is 8.63. The van der Waals surface area contributed by atoms with E-state index in [9.17, 15) is 17.6 Å². The average molecular weight is 433 g/mol. The van der Waals surface area contributed by atoms with E-state index in [4.69, 9.17) is 9.84 Å². The Balaban J connectivity index is 2.55. The van der Waals surface area contributed by atoms with Crippen LogP contribution < -0.4 is 9.64 Å². The van der Waals surface area contributed by atoms with Crippen LogP contribution >= 0.6 is 11.8 Å². The fourth-order valence-corrected chi connectivity index (χ4v) is 5.19. The van der Waals surface area contributed by atoms with Crippen molar-refractivity contribution in [3.63, 3.8) is 0 Å². The van der Waals surface area contributed by atoms with Crippen molar-refractivity contribution in [2.24, 2.45) is 0 Å². The van der Waals surface area contributed by atoms with Crippen molar-refractivity contribution in [3.05, 3.63) is 24.2 Å². The quantitative estimate of drug-likeness (QED) is 0.402. The van der Waals surface area contributed by atoms with E-state index in [1.807, 2.05) is 11.9 Å². The number of carboxylic acids is 1. The molecule has 1 aromatic rings. The highest BCUT2D eigenvalue weighted by Crippen LogP contribution is 2.40. The van der Waals surface area contributed by atoms with Crippen molar-refractivity contribution < 1.29 is 27.4 Å². The SMILES string of the molecule is CCCC[C@@H]1CN(C)c2cc(SC)c(O/C=C(\F)C(=O)O)cc2S(=O)(=O)N1C. The summed E-state index contributed by atoms with van der Waals surface area (Å²) in [6, 6.07) is 2.83. The highest BCUT2D eigenvalue weighted by molar-refractivity contribution is 7.98. The number of sulfonamides is 1. The van der Waals surface area contributed by atoms with Crippen LogP contribution in [-0.4, -0.2) is 56.7 Å². The Morgan fingerprint density at radius 3 is 2.68 bits per heavy atom. The third kappa shape index (κ3) is 4.61. The second-order valence-electron chi connectivity index (χ2n) is 6.56. The number of carboxylic acid groups (broad SMARTS) is 1. The summed E-state index contributed by atoms with van der Waals surface area (Å²) in [5.41, 5.74) is 0.533. The topological polar surface area (TPSA) is 87.1 Å². The molecule has 0 aliphatic carbocycles. The summed E-state index contributed by atoms with van der Waals surface area (Å²) in [4.78, 5) is 13.1. The summed E-state index contributed by atoms with van der Waals surface area (Å²) in [6.07, 6.45) is 4.86. The second-order valence-corrected chi connectivity index (χ2v) is 9.37. The van der Waals surface area contributed by atoms with Crippen molar-refractivity contribution in [1.82, 2.24) is 4.31 Å². The number of ether oxygens (including phenoxy) is 1. The first-order valence-electron chi connectivity index (χ1n) is 8.80. The molecule has 0 saturated heterocycles. The first-order chi connectivity index (χ1) is 13.1. The van der Waals surface area contributed by atoms with Gasteiger partial charge in [0.2, 0.25) is 15.9 Å². The number of benzene rings is 1. The number of unbranched alkanes of at least 4 members (excludes halogenated alkanes) is 1. The van der Waals surface area contributed by atoms with E-state index in [-0.39, 0.29) is 16.7 Å². The standard InChI is InChI=1S/C18H25FN2O5S2/c1-5-6-7-12-10-20(2)14-8-16(27-4)15(26-11-13(19)18(22)23)9-17(14)28(24,25)21(12)3/h8-9,11-12H,5-7,10H2,1-4H3,(H,22,23)/b13-11-/t12-/m1/s1. The minimum Gasteiger partial charge on any atom is -0.476 e. The molecule has 7 nitrogen and oxygen atoms in total. The lowest BCUT2D eigenvalue weighted by Gasteiger charge is -2.27. The lowest BCUT2D eigenvalue weighted by atomic mass is 10.1. The van der Waals surface area contributed by atoms with Gasteiger partial charge in [-0.2, -0.15) is 8.70 Å². The van der Waals surface area contributed by atoms with Crippen molar-refractivity contribution in [3.8, 4) is 5.75 Å². The van der Waals surface area contributed by atoms with Crippen LogP contribution in [0.15, 0.2) is 34.0 Å². The molecule has 1 aliphatic heterocycles. The molecule has 0 fully saturated rings. The molecule has 0 amide bonds. The Hall–Kier alpha value is -1.78. The molecule has 1 aliphatic rings. The molecule has 28 heavy (non-hydrogen) atoms. The fourth-order valence-electron chi connectivity index (χ4n) is 3.05. The number of rotatable bonds is 7. The van der Waals surface area contributed by atoms with Gasteiger partial charge in [-0.3, -0.25) is 0 Å². The summed E-state index contributed by atoms with van der Waals surface area (Å²) < 4.78 is 46.2.